The summed E-state index contributed by atoms with van der Waals surface area (Å²) in [4.78, 5) is 8.89. The minimum atomic E-state index is -4.13. The van der Waals surface area contributed by atoms with Crippen LogP contribution >= 0.6 is 0 Å². The van der Waals surface area contributed by atoms with Gasteiger partial charge in [-0.3, -0.25) is 0 Å². The molecule has 2 unspecified atom stereocenters. The highest BCUT2D eigenvalue weighted by Crippen LogP contribution is 2.37. The minimum absolute atomic E-state index is 0.0794. The van der Waals surface area contributed by atoms with Crippen LogP contribution in [0.5, 0.6) is 0 Å². The van der Waals surface area contributed by atoms with E-state index in [2.05, 4.69) is 20.6 Å². The first-order valence-electron chi connectivity index (χ1n) is 9.57. The van der Waals surface area contributed by atoms with Gasteiger partial charge in [-0.15, -0.1) is 0 Å². The summed E-state index contributed by atoms with van der Waals surface area (Å²) < 4.78 is 44.6. The molecule has 0 saturated heterocycles. The third-order valence-corrected chi connectivity index (χ3v) is 4.79. The predicted octanol–water partition coefficient (Wildman–Crippen LogP) is 4.52. The first kappa shape index (κ1) is 20.2. The van der Waals surface area contributed by atoms with Crippen molar-refractivity contribution in [2.75, 3.05) is 6.54 Å². The van der Waals surface area contributed by atoms with Gasteiger partial charge in [0.1, 0.15) is 12.0 Å². The Morgan fingerprint density at radius 3 is 2.75 bits per heavy atom. The van der Waals surface area contributed by atoms with Gasteiger partial charge in [0.2, 0.25) is 5.89 Å². The maximum absolute atomic E-state index is 13.0. The van der Waals surface area contributed by atoms with Crippen molar-refractivity contribution in [3.05, 3.63) is 42.3 Å². The third-order valence-electron chi connectivity index (χ3n) is 4.79. The SMILES string of the molecule is CCNC(=NCc1coc(-c2ccccc2)n1)NC1CCCC(C(F)(F)F)C1. The van der Waals surface area contributed by atoms with Crippen LogP contribution in [0.3, 0.4) is 0 Å². The van der Waals surface area contributed by atoms with E-state index in [1.807, 2.05) is 37.3 Å². The van der Waals surface area contributed by atoms with Gasteiger partial charge in [0, 0.05) is 18.2 Å². The molecule has 1 aromatic heterocycles. The Hall–Kier alpha value is -2.51. The van der Waals surface area contributed by atoms with Crippen molar-refractivity contribution in [1.29, 1.82) is 0 Å². The number of nitrogens with zero attached hydrogens (tertiary/aromatic N) is 2. The number of rotatable bonds is 5. The fourth-order valence-corrected chi connectivity index (χ4v) is 3.38. The molecule has 2 aromatic rings. The molecule has 28 heavy (non-hydrogen) atoms. The van der Waals surface area contributed by atoms with Crippen LogP contribution in [0.1, 0.15) is 38.3 Å². The Labute approximate surface area is 162 Å². The van der Waals surface area contributed by atoms with Crippen molar-refractivity contribution in [2.45, 2.75) is 51.4 Å². The Morgan fingerprint density at radius 2 is 2.04 bits per heavy atom. The minimum Gasteiger partial charge on any atom is -0.444 e. The van der Waals surface area contributed by atoms with Crippen LogP contribution in [-0.2, 0) is 6.54 Å². The highest BCUT2D eigenvalue weighted by Gasteiger charge is 2.42. The molecule has 1 aromatic carbocycles. The summed E-state index contributed by atoms with van der Waals surface area (Å²) in [5.74, 6) is -0.228. The standard InChI is InChI=1S/C20H25F3N4O/c1-2-24-19(27-16-10-6-9-15(11-16)20(21,22)23)25-12-17-13-28-18(26-17)14-7-4-3-5-8-14/h3-5,7-8,13,15-16H,2,6,9-12H2,1H3,(H2,24,25,27). The molecule has 1 heterocycles. The zero-order chi connectivity index (χ0) is 20.0. The molecule has 1 fully saturated rings. The van der Waals surface area contributed by atoms with E-state index in [-0.39, 0.29) is 25.4 Å². The van der Waals surface area contributed by atoms with E-state index < -0.39 is 12.1 Å². The average molecular weight is 394 g/mol. The van der Waals surface area contributed by atoms with Crippen LogP contribution in [0.25, 0.3) is 11.5 Å². The summed E-state index contributed by atoms with van der Waals surface area (Å²) in [6.45, 7) is 2.82. The van der Waals surface area contributed by atoms with Gasteiger partial charge in [0.15, 0.2) is 5.96 Å². The van der Waals surface area contributed by atoms with E-state index in [0.717, 1.165) is 5.56 Å². The second kappa shape index (κ2) is 9.12. The Morgan fingerprint density at radius 1 is 1.25 bits per heavy atom. The molecule has 1 saturated carbocycles. The lowest BCUT2D eigenvalue weighted by Gasteiger charge is -2.31. The van der Waals surface area contributed by atoms with Gasteiger partial charge < -0.3 is 15.1 Å². The Bertz CT molecular complexity index is 773. The molecule has 0 spiro atoms. The van der Waals surface area contributed by atoms with Crippen LogP contribution in [0.4, 0.5) is 13.2 Å². The summed E-state index contributed by atoms with van der Waals surface area (Å²) in [7, 11) is 0. The maximum Gasteiger partial charge on any atom is 0.391 e. The summed E-state index contributed by atoms with van der Waals surface area (Å²) in [5.41, 5.74) is 1.54. The van der Waals surface area contributed by atoms with E-state index >= 15 is 0 Å². The third kappa shape index (κ3) is 5.50. The molecule has 5 nitrogen and oxygen atoms in total. The van der Waals surface area contributed by atoms with E-state index in [1.165, 1.54) is 0 Å². The highest BCUT2D eigenvalue weighted by molar-refractivity contribution is 5.80. The lowest BCUT2D eigenvalue weighted by molar-refractivity contribution is -0.183. The molecule has 0 radical (unpaired) electrons. The number of hydrogen-bond donors (Lipinski definition) is 2. The highest BCUT2D eigenvalue weighted by atomic mass is 19.4. The zero-order valence-electron chi connectivity index (χ0n) is 15.8. The number of halogens is 3. The van der Waals surface area contributed by atoms with Crippen molar-refractivity contribution in [3.63, 3.8) is 0 Å². The quantitative estimate of drug-likeness (QED) is 0.578. The predicted molar refractivity (Wildman–Crippen MR) is 102 cm³/mol. The molecule has 0 aliphatic heterocycles. The molecule has 1 aliphatic carbocycles. The van der Waals surface area contributed by atoms with Gasteiger partial charge in [-0.2, -0.15) is 13.2 Å². The number of guanidine groups is 1. The van der Waals surface area contributed by atoms with Gasteiger partial charge in [-0.05, 0) is 38.3 Å². The second-order valence-electron chi connectivity index (χ2n) is 6.95. The summed E-state index contributed by atoms with van der Waals surface area (Å²) in [6, 6.07) is 9.30. The van der Waals surface area contributed by atoms with Crippen molar-refractivity contribution in [2.24, 2.45) is 10.9 Å². The van der Waals surface area contributed by atoms with Crippen LogP contribution in [-0.4, -0.2) is 29.7 Å². The molecule has 8 heteroatoms. The number of oxazole rings is 1. The van der Waals surface area contributed by atoms with E-state index in [4.69, 9.17) is 4.42 Å². The lowest BCUT2D eigenvalue weighted by Crippen LogP contribution is -2.46. The fraction of sp³-hybridized carbons (Fsp3) is 0.500. The largest absolute Gasteiger partial charge is 0.444 e. The second-order valence-corrected chi connectivity index (χ2v) is 6.95. The molecular weight excluding hydrogens is 369 g/mol. The zero-order valence-corrected chi connectivity index (χ0v) is 15.8. The van der Waals surface area contributed by atoms with Crippen molar-refractivity contribution >= 4 is 5.96 Å². The van der Waals surface area contributed by atoms with E-state index in [0.29, 0.717) is 36.9 Å². The summed E-state index contributed by atoms with van der Waals surface area (Å²) in [6.07, 6.45) is -1.03. The molecule has 0 amide bonds. The average Bonchev–Trinajstić information content (AvgIpc) is 3.16. The molecule has 2 N–H and O–H groups in total. The van der Waals surface area contributed by atoms with Gasteiger partial charge in [0.05, 0.1) is 12.5 Å². The first-order chi connectivity index (χ1) is 13.5. The molecule has 152 valence electrons. The molecule has 2 atom stereocenters. The number of nitrogens with one attached hydrogen (secondary N) is 2. The monoisotopic (exact) mass is 394 g/mol. The Balaban J connectivity index is 1.62. The summed E-state index contributed by atoms with van der Waals surface area (Å²) >= 11 is 0. The maximum atomic E-state index is 13.0. The van der Waals surface area contributed by atoms with E-state index in [1.54, 1.807) is 6.26 Å². The normalized spacial score (nSPS) is 20.8. The van der Waals surface area contributed by atoms with Crippen LogP contribution in [0, 0.1) is 5.92 Å². The number of aliphatic imine (C=N–C) groups is 1. The lowest BCUT2D eigenvalue weighted by atomic mass is 9.85. The number of aromatic nitrogens is 1. The van der Waals surface area contributed by atoms with Crippen LogP contribution in [0.15, 0.2) is 46.0 Å². The van der Waals surface area contributed by atoms with E-state index in [9.17, 15) is 13.2 Å². The number of alkyl halides is 3. The Kier molecular flexibility index (Phi) is 6.59. The van der Waals surface area contributed by atoms with Gasteiger partial charge in [-0.25, -0.2) is 9.98 Å². The van der Waals surface area contributed by atoms with Crippen molar-refractivity contribution in [3.8, 4) is 11.5 Å². The number of hydrogen-bond acceptors (Lipinski definition) is 3. The fourth-order valence-electron chi connectivity index (χ4n) is 3.38. The van der Waals surface area contributed by atoms with Crippen LogP contribution < -0.4 is 10.6 Å². The topological polar surface area (TPSA) is 62.5 Å². The van der Waals surface area contributed by atoms with Gasteiger partial charge >= 0.3 is 6.18 Å². The molecule has 3 rings (SSSR count). The van der Waals surface area contributed by atoms with Crippen molar-refractivity contribution in [1.82, 2.24) is 15.6 Å². The molecule has 1 aliphatic rings. The molecule has 0 bridgehead atoms. The summed E-state index contributed by atoms with van der Waals surface area (Å²) in [5, 5.41) is 6.24. The molecular formula is C20H25F3N4O. The first-order valence-corrected chi connectivity index (χ1v) is 9.57. The van der Waals surface area contributed by atoms with Gasteiger partial charge in [-0.1, -0.05) is 24.6 Å². The van der Waals surface area contributed by atoms with Crippen molar-refractivity contribution < 1.29 is 17.6 Å². The smallest absolute Gasteiger partial charge is 0.391 e. The van der Waals surface area contributed by atoms with Gasteiger partial charge in [0.25, 0.3) is 0 Å². The number of benzene rings is 1. The van der Waals surface area contributed by atoms with Crippen LogP contribution in [0.2, 0.25) is 0 Å².